The average Bonchev–Trinajstić information content (AvgIpc) is 2.75. The van der Waals surface area contributed by atoms with Gasteiger partial charge in [0.25, 0.3) is 0 Å². The maximum Gasteiger partial charge on any atom is 0.416 e. The second-order valence-electron chi connectivity index (χ2n) is 7.03. The van der Waals surface area contributed by atoms with Gasteiger partial charge >= 0.3 is 18.3 Å². The van der Waals surface area contributed by atoms with Gasteiger partial charge in [0.15, 0.2) is 6.10 Å². The molecule has 0 radical (unpaired) electrons. The molecular formula is C24H19BrF6O4. The Kier molecular flexibility index (Phi) is 9.80. The van der Waals surface area contributed by atoms with E-state index in [4.69, 9.17) is 14.6 Å². The van der Waals surface area contributed by atoms with Crippen molar-refractivity contribution in [1.29, 1.82) is 0 Å². The first-order valence-corrected chi connectivity index (χ1v) is 10.8. The van der Waals surface area contributed by atoms with Gasteiger partial charge in [0, 0.05) is 18.6 Å². The van der Waals surface area contributed by atoms with Crippen molar-refractivity contribution in [2.75, 3.05) is 13.2 Å². The topological polar surface area (TPSA) is 55.8 Å². The lowest BCUT2D eigenvalue weighted by molar-refractivity contribution is -0.150. The van der Waals surface area contributed by atoms with Gasteiger partial charge in [-0.2, -0.15) is 26.3 Å². The molecule has 0 heterocycles. The Hall–Kier alpha value is -2.97. The van der Waals surface area contributed by atoms with Crippen LogP contribution in [0, 0.1) is 11.8 Å². The zero-order valence-corrected chi connectivity index (χ0v) is 19.7. The van der Waals surface area contributed by atoms with Crippen molar-refractivity contribution in [3.8, 4) is 17.6 Å². The fourth-order valence-electron chi connectivity index (χ4n) is 2.82. The van der Waals surface area contributed by atoms with Crippen LogP contribution in [0.25, 0.3) is 0 Å². The summed E-state index contributed by atoms with van der Waals surface area (Å²) in [5.41, 5.74) is -2.60. The van der Waals surface area contributed by atoms with Gasteiger partial charge in [0.1, 0.15) is 12.4 Å². The normalized spacial score (nSPS) is 12.8. The lowest BCUT2D eigenvalue weighted by Gasteiger charge is -2.13. The Morgan fingerprint density at radius 3 is 2.23 bits per heavy atom. The van der Waals surface area contributed by atoms with E-state index in [9.17, 15) is 31.1 Å². The van der Waals surface area contributed by atoms with Crippen LogP contribution in [0.2, 0.25) is 0 Å². The highest BCUT2D eigenvalue weighted by Crippen LogP contribution is 2.36. The van der Waals surface area contributed by atoms with E-state index in [2.05, 4.69) is 27.8 Å². The number of allylic oxidation sites excluding steroid dienone is 1. The first-order chi connectivity index (χ1) is 16.3. The van der Waals surface area contributed by atoms with E-state index in [-0.39, 0.29) is 25.7 Å². The van der Waals surface area contributed by atoms with E-state index < -0.39 is 41.1 Å². The molecule has 0 bridgehead atoms. The Balaban J connectivity index is 2.03. The number of carbonyl (C=O) groups is 1. The van der Waals surface area contributed by atoms with Gasteiger partial charge in [0.2, 0.25) is 0 Å². The minimum atomic E-state index is -4.94. The lowest BCUT2D eigenvalue weighted by Crippen LogP contribution is -2.26. The first-order valence-electron chi connectivity index (χ1n) is 10.0. The predicted molar refractivity (Wildman–Crippen MR) is 119 cm³/mol. The molecule has 0 aliphatic rings. The highest BCUT2D eigenvalue weighted by atomic mass is 79.9. The summed E-state index contributed by atoms with van der Waals surface area (Å²) in [4.78, 5) is 11.2. The number of carboxylic acids is 1. The number of ether oxygens (including phenoxy) is 2. The summed E-state index contributed by atoms with van der Waals surface area (Å²) in [6.45, 7) is 1.96. The minimum absolute atomic E-state index is 0.0136. The predicted octanol–water partition coefficient (Wildman–Crippen LogP) is 6.51. The molecule has 0 fully saturated rings. The monoisotopic (exact) mass is 564 g/mol. The molecule has 11 heteroatoms. The number of alkyl halides is 6. The molecule has 0 aromatic heterocycles. The number of aliphatic carboxylic acids is 1. The third kappa shape index (κ3) is 8.96. The molecule has 2 aromatic rings. The molecule has 0 aliphatic heterocycles. The Bertz CT molecular complexity index is 1100. The van der Waals surface area contributed by atoms with Crippen LogP contribution in [0.3, 0.4) is 0 Å². The van der Waals surface area contributed by atoms with Crippen molar-refractivity contribution in [1.82, 2.24) is 0 Å². The molecule has 0 saturated heterocycles. The first kappa shape index (κ1) is 28.3. The highest BCUT2D eigenvalue weighted by molar-refractivity contribution is 9.10. The number of hydrogen-bond donors (Lipinski definition) is 1. The van der Waals surface area contributed by atoms with Crippen molar-refractivity contribution < 1.29 is 45.7 Å². The summed E-state index contributed by atoms with van der Waals surface area (Å²) < 4.78 is 88.6. The number of carboxylic acid groups (broad SMARTS) is 1. The minimum Gasteiger partial charge on any atom is -0.488 e. The van der Waals surface area contributed by atoms with Crippen molar-refractivity contribution in [2.45, 2.75) is 31.8 Å². The molecule has 2 aromatic carbocycles. The maximum absolute atomic E-state index is 12.9. The van der Waals surface area contributed by atoms with Crippen LogP contribution in [-0.2, 0) is 28.3 Å². The van der Waals surface area contributed by atoms with Gasteiger partial charge in [-0.25, -0.2) is 4.79 Å². The van der Waals surface area contributed by atoms with Gasteiger partial charge in [0.05, 0.1) is 15.6 Å². The van der Waals surface area contributed by atoms with E-state index in [1.807, 2.05) is 0 Å². The summed E-state index contributed by atoms with van der Waals surface area (Å²) in [6, 6.07) is 6.10. The quantitative estimate of drug-likeness (QED) is 0.293. The smallest absolute Gasteiger partial charge is 0.416 e. The van der Waals surface area contributed by atoms with Crippen LogP contribution < -0.4 is 4.74 Å². The fourth-order valence-corrected chi connectivity index (χ4v) is 3.36. The largest absolute Gasteiger partial charge is 0.488 e. The van der Waals surface area contributed by atoms with Gasteiger partial charge in [-0.05, 0) is 70.9 Å². The highest BCUT2D eigenvalue weighted by Gasteiger charge is 2.36. The molecule has 4 nitrogen and oxygen atoms in total. The van der Waals surface area contributed by atoms with Gasteiger partial charge in [-0.3, -0.25) is 0 Å². The maximum atomic E-state index is 12.9. The zero-order valence-electron chi connectivity index (χ0n) is 18.1. The number of hydrogen-bond acceptors (Lipinski definition) is 3. The van der Waals surface area contributed by atoms with E-state index >= 15 is 0 Å². The van der Waals surface area contributed by atoms with E-state index in [1.54, 1.807) is 25.1 Å². The van der Waals surface area contributed by atoms with Crippen LogP contribution in [-0.4, -0.2) is 30.4 Å². The van der Waals surface area contributed by atoms with Crippen LogP contribution in [0.5, 0.6) is 5.75 Å². The van der Waals surface area contributed by atoms with E-state index in [1.165, 1.54) is 12.2 Å². The molecule has 0 saturated carbocycles. The molecule has 35 heavy (non-hydrogen) atoms. The van der Waals surface area contributed by atoms with Crippen LogP contribution in [0.1, 0.15) is 29.2 Å². The van der Waals surface area contributed by atoms with Crippen molar-refractivity contribution in [3.05, 3.63) is 75.3 Å². The lowest BCUT2D eigenvalue weighted by atomic mass is 10.0. The van der Waals surface area contributed by atoms with Gasteiger partial charge in [-0.15, -0.1) is 0 Å². The summed E-state index contributed by atoms with van der Waals surface area (Å²) in [5, 5.41) is 9.17. The van der Waals surface area contributed by atoms with Crippen LogP contribution in [0.4, 0.5) is 26.3 Å². The van der Waals surface area contributed by atoms with E-state index in [0.717, 1.165) is 0 Å². The van der Waals surface area contributed by atoms with E-state index in [0.29, 0.717) is 27.9 Å². The van der Waals surface area contributed by atoms with Gasteiger partial charge in [-0.1, -0.05) is 17.9 Å². The summed E-state index contributed by atoms with van der Waals surface area (Å²) >= 11 is 3.32. The molecule has 1 N–H and O–H groups in total. The molecule has 2 rings (SSSR count). The second-order valence-corrected chi connectivity index (χ2v) is 7.88. The SMILES string of the molecule is CCO[C@@H](Cc1ccc(OC/C=C\C#Cc2cc(C(F)(F)F)cc(C(F)(F)F)c2)c(Br)c1)C(=O)O. The molecule has 0 amide bonds. The molecular weight excluding hydrogens is 546 g/mol. The standard InChI is InChI=1S/C24H19BrF6O4/c1-2-34-21(22(32)33)13-16-7-8-20(19(25)12-16)35-9-5-3-4-6-15-10-17(23(26,27)28)14-18(11-15)24(29,30)31/h3,5,7-8,10-12,14,21H,2,9,13H2,1H3,(H,32,33)/b5-3-/t21-/m0/s1. The number of halogens is 7. The molecule has 0 aliphatic carbocycles. The van der Waals surface area contributed by atoms with Crippen molar-refractivity contribution in [2.24, 2.45) is 0 Å². The second kappa shape index (κ2) is 12.1. The molecule has 0 spiro atoms. The Labute approximate surface area is 205 Å². The van der Waals surface area contributed by atoms with Crippen LogP contribution in [0.15, 0.2) is 53.0 Å². The van der Waals surface area contributed by atoms with Crippen molar-refractivity contribution in [3.63, 3.8) is 0 Å². The Morgan fingerprint density at radius 2 is 1.71 bits per heavy atom. The van der Waals surface area contributed by atoms with Gasteiger partial charge < -0.3 is 14.6 Å². The van der Waals surface area contributed by atoms with Crippen LogP contribution >= 0.6 is 15.9 Å². The summed E-state index contributed by atoms with van der Waals surface area (Å²) in [7, 11) is 0. The number of rotatable bonds is 8. The molecule has 188 valence electrons. The average molecular weight is 565 g/mol. The molecule has 1 atom stereocenters. The summed E-state index contributed by atoms with van der Waals surface area (Å²) in [5.74, 6) is 4.01. The third-order valence-corrected chi connectivity index (χ3v) is 5.02. The fraction of sp³-hybridized carbons (Fsp3) is 0.292. The zero-order chi connectivity index (χ0) is 26.2. The summed E-state index contributed by atoms with van der Waals surface area (Å²) in [6.07, 6.45) is -8.03. The third-order valence-electron chi connectivity index (χ3n) is 4.40. The number of benzene rings is 2. The van der Waals surface area contributed by atoms with Crippen molar-refractivity contribution >= 4 is 21.9 Å². The molecule has 0 unspecified atom stereocenters. The Morgan fingerprint density at radius 1 is 1.09 bits per heavy atom.